The molecule has 98 valence electrons. The minimum absolute atomic E-state index is 0.133. The van der Waals surface area contributed by atoms with Crippen LogP contribution in [0.15, 0.2) is 42.7 Å². The molecular weight excluding hydrogens is 261 g/mol. The monoisotopic (exact) mass is 268 g/mol. The molecule has 7 heteroatoms. The summed E-state index contributed by atoms with van der Waals surface area (Å²) in [4.78, 5) is 12.0. The fourth-order valence-corrected chi connectivity index (χ4v) is 1.45. The predicted octanol–water partition coefficient (Wildman–Crippen LogP) is 2.61. The number of benzene rings is 1. The Balaban J connectivity index is 2.38. The quantitative estimate of drug-likeness (QED) is 0.803. The summed E-state index contributed by atoms with van der Waals surface area (Å²) < 4.78 is 40.5. The summed E-state index contributed by atoms with van der Waals surface area (Å²) in [6, 6.07) is 6.49. The van der Waals surface area contributed by atoms with Crippen LogP contribution >= 0.6 is 0 Å². The maximum Gasteiger partial charge on any atom is 0.573 e. The molecule has 19 heavy (non-hydrogen) atoms. The third-order valence-corrected chi connectivity index (χ3v) is 2.20. The van der Waals surface area contributed by atoms with Crippen molar-refractivity contribution in [3.8, 4) is 5.75 Å². The minimum Gasteiger partial charge on any atom is -0.405 e. The van der Waals surface area contributed by atoms with E-state index in [0.29, 0.717) is 0 Å². The van der Waals surface area contributed by atoms with E-state index < -0.39 is 17.9 Å². The lowest BCUT2D eigenvalue weighted by Gasteiger charge is -2.12. The van der Waals surface area contributed by atoms with Gasteiger partial charge in [-0.25, -0.2) is 0 Å². The van der Waals surface area contributed by atoms with Gasteiger partial charge in [0.15, 0.2) is 5.78 Å². The number of nitrogens with zero attached hydrogens (tertiary/aromatic N) is 2. The van der Waals surface area contributed by atoms with Gasteiger partial charge in [-0.3, -0.25) is 4.79 Å². The van der Waals surface area contributed by atoms with Gasteiger partial charge in [-0.1, -0.05) is 12.1 Å². The van der Waals surface area contributed by atoms with Gasteiger partial charge in [0.25, 0.3) is 0 Å². The van der Waals surface area contributed by atoms with E-state index in [-0.39, 0.29) is 11.1 Å². The van der Waals surface area contributed by atoms with Crippen molar-refractivity contribution in [1.29, 1.82) is 0 Å². The molecule has 2 aromatic rings. The van der Waals surface area contributed by atoms with Crippen LogP contribution in [0, 0.1) is 0 Å². The van der Waals surface area contributed by atoms with Gasteiger partial charge in [-0.15, -0.1) is 13.2 Å². The van der Waals surface area contributed by atoms with Crippen LogP contribution in [0.25, 0.3) is 0 Å². The standard InChI is InChI=1S/C12H7F3N2O2/c13-12(14,15)19-10-4-2-1-3-9(10)11(18)8-5-6-16-17-7-8/h1-7H. The number of hydrogen-bond acceptors (Lipinski definition) is 4. The molecule has 0 aliphatic carbocycles. The van der Waals surface area contributed by atoms with E-state index in [0.717, 1.165) is 6.07 Å². The molecule has 0 bridgehead atoms. The third-order valence-electron chi connectivity index (χ3n) is 2.20. The zero-order chi connectivity index (χ0) is 13.9. The summed E-state index contributed by atoms with van der Waals surface area (Å²) >= 11 is 0. The lowest BCUT2D eigenvalue weighted by atomic mass is 10.0. The highest BCUT2D eigenvalue weighted by Gasteiger charge is 2.32. The van der Waals surface area contributed by atoms with Crippen LogP contribution in [0.3, 0.4) is 0 Å². The number of ketones is 1. The Labute approximate surface area is 105 Å². The highest BCUT2D eigenvalue weighted by molar-refractivity contribution is 6.10. The summed E-state index contributed by atoms with van der Waals surface area (Å²) in [6.45, 7) is 0. The van der Waals surface area contributed by atoms with Crippen LogP contribution in [0.1, 0.15) is 15.9 Å². The summed E-state index contributed by atoms with van der Waals surface area (Å²) in [5, 5.41) is 6.99. The normalized spacial score (nSPS) is 11.1. The molecule has 0 aliphatic rings. The van der Waals surface area contributed by atoms with E-state index in [2.05, 4.69) is 14.9 Å². The Hall–Kier alpha value is -2.44. The van der Waals surface area contributed by atoms with E-state index >= 15 is 0 Å². The molecule has 0 saturated carbocycles. The van der Waals surface area contributed by atoms with Crippen molar-refractivity contribution in [3.05, 3.63) is 53.9 Å². The number of ether oxygens (including phenoxy) is 1. The molecule has 0 fully saturated rings. The lowest BCUT2D eigenvalue weighted by molar-refractivity contribution is -0.274. The highest BCUT2D eigenvalue weighted by atomic mass is 19.4. The molecule has 0 aliphatic heterocycles. The third kappa shape index (κ3) is 3.27. The Morgan fingerprint density at radius 2 is 1.84 bits per heavy atom. The van der Waals surface area contributed by atoms with Crippen molar-refractivity contribution in [3.63, 3.8) is 0 Å². The molecule has 0 unspecified atom stereocenters. The number of carbonyl (C=O) groups excluding carboxylic acids is 1. The van der Waals surface area contributed by atoms with Crippen molar-refractivity contribution < 1.29 is 22.7 Å². The summed E-state index contributed by atoms with van der Waals surface area (Å²) in [7, 11) is 0. The SMILES string of the molecule is O=C(c1ccnnc1)c1ccccc1OC(F)(F)F. The molecule has 0 saturated heterocycles. The first kappa shape index (κ1) is 13.0. The first-order chi connectivity index (χ1) is 8.97. The molecule has 0 spiro atoms. The number of alkyl halides is 3. The van der Waals surface area contributed by atoms with E-state index in [1.54, 1.807) is 0 Å². The Kier molecular flexibility index (Phi) is 3.46. The van der Waals surface area contributed by atoms with Crippen LogP contribution < -0.4 is 4.74 Å². The molecule has 1 aromatic carbocycles. The van der Waals surface area contributed by atoms with Crippen LogP contribution in [0.4, 0.5) is 13.2 Å². The summed E-state index contributed by atoms with van der Waals surface area (Å²) in [6.07, 6.45) is -2.40. The number of carbonyl (C=O) groups is 1. The zero-order valence-electron chi connectivity index (χ0n) is 9.39. The maximum atomic E-state index is 12.2. The maximum absolute atomic E-state index is 12.2. The van der Waals surface area contributed by atoms with Crippen molar-refractivity contribution >= 4 is 5.78 Å². The second-order valence-corrected chi connectivity index (χ2v) is 3.50. The van der Waals surface area contributed by atoms with Crippen molar-refractivity contribution in [2.45, 2.75) is 6.36 Å². The second kappa shape index (κ2) is 5.05. The number of halogens is 3. The van der Waals surface area contributed by atoms with Crippen LogP contribution in [-0.2, 0) is 0 Å². The molecule has 0 atom stereocenters. The van der Waals surface area contributed by atoms with Gasteiger partial charge in [-0.05, 0) is 18.2 Å². The van der Waals surface area contributed by atoms with E-state index in [4.69, 9.17) is 0 Å². The number of para-hydroxylation sites is 1. The second-order valence-electron chi connectivity index (χ2n) is 3.50. The van der Waals surface area contributed by atoms with E-state index in [1.807, 2.05) is 0 Å². The summed E-state index contributed by atoms with van der Waals surface area (Å²) in [5.41, 5.74) is -0.0546. The lowest BCUT2D eigenvalue weighted by Crippen LogP contribution is -2.19. The van der Waals surface area contributed by atoms with Crippen LogP contribution in [0.5, 0.6) is 5.75 Å². The van der Waals surface area contributed by atoms with Gasteiger partial charge < -0.3 is 4.74 Å². The molecule has 1 heterocycles. The molecule has 1 aromatic heterocycles. The molecule has 2 rings (SSSR count). The topological polar surface area (TPSA) is 52.1 Å². The molecule has 0 amide bonds. The fraction of sp³-hybridized carbons (Fsp3) is 0.0833. The van der Waals surface area contributed by atoms with Crippen LogP contribution in [-0.4, -0.2) is 22.3 Å². The Morgan fingerprint density at radius 1 is 1.11 bits per heavy atom. The van der Waals surface area contributed by atoms with Gasteiger partial charge in [0.05, 0.1) is 18.0 Å². The Bertz CT molecular complexity index is 585. The first-order valence-corrected chi connectivity index (χ1v) is 5.13. The van der Waals surface area contributed by atoms with Gasteiger partial charge in [0.1, 0.15) is 5.75 Å². The average Bonchev–Trinajstić information content (AvgIpc) is 2.38. The molecule has 0 radical (unpaired) electrons. The first-order valence-electron chi connectivity index (χ1n) is 5.13. The largest absolute Gasteiger partial charge is 0.573 e. The number of hydrogen-bond donors (Lipinski definition) is 0. The van der Waals surface area contributed by atoms with E-state index in [9.17, 15) is 18.0 Å². The molecule has 0 N–H and O–H groups in total. The van der Waals surface area contributed by atoms with Gasteiger partial charge in [-0.2, -0.15) is 10.2 Å². The van der Waals surface area contributed by atoms with Gasteiger partial charge in [0, 0.05) is 5.56 Å². The van der Waals surface area contributed by atoms with Crippen molar-refractivity contribution in [2.75, 3.05) is 0 Å². The van der Waals surface area contributed by atoms with Gasteiger partial charge >= 0.3 is 6.36 Å². The number of aromatic nitrogens is 2. The summed E-state index contributed by atoms with van der Waals surface area (Å²) in [5.74, 6) is -1.16. The van der Waals surface area contributed by atoms with Gasteiger partial charge in [0.2, 0.25) is 0 Å². The minimum atomic E-state index is -4.85. The number of rotatable bonds is 3. The predicted molar refractivity (Wildman–Crippen MR) is 58.6 cm³/mol. The fourth-order valence-electron chi connectivity index (χ4n) is 1.45. The van der Waals surface area contributed by atoms with Crippen molar-refractivity contribution in [1.82, 2.24) is 10.2 Å². The molecular formula is C12H7F3N2O2. The van der Waals surface area contributed by atoms with Crippen LogP contribution in [0.2, 0.25) is 0 Å². The van der Waals surface area contributed by atoms with E-state index in [1.165, 1.54) is 36.7 Å². The zero-order valence-corrected chi connectivity index (χ0v) is 9.39. The average molecular weight is 268 g/mol. The molecule has 4 nitrogen and oxygen atoms in total. The smallest absolute Gasteiger partial charge is 0.405 e. The Morgan fingerprint density at radius 3 is 2.47 bits per heavy atom. The van der Waals surface area contributed by atoms with Crippen molar-refractivity contribution in [2.24, 2.45) is 0 Å². The highest BCUT2D eigenvalue weighted by Crippen LogP contribution is 2.27.